The first kappa shape index (κ1) is 18.9. The number of aliphatic imine (C=N–C) groups is 1. The molecular formula is C20H20F3N3O. The summed E-state index contributed by atoms with van der Waals surface area (Å²) in [5.74, 6) is 1.35. The fourth-order valence-electron chi connectivity index (χ4n) is 3.05. The van der Waals surface area contributed by atoms with Crippen molar-refractivity contribution in [3.8, 4) is 5.75 Å². The van der Waals surface area contributed by atoms with Gasteiger partial charge >= 0.3 is 6.18 Å². The first-order valence-corrected chi connectivity index (χ1v) is 8.48. The number of nitrogens with zero attached hydrogens (tertiary/aromatic N) is 3. The summed E-state index contributed by atoms with van der Waals surface area (Å²) in [4.78, 5) is 8.68. The number of aromatic nitrogens is 2. The number of benzene rings is 2. The Hall–Kier alpha value is -2.83. The van der Waals surface area contributed by atoms with Crippen LogP contribution < -0.4 is 4.74 Å². The van der Waals surface area contributed by atoms with Crippen molar-refractivity contribution in [1.29, 1.82) is 0 Å². The number of hydrogen-bond acceptors (Lipinski definition) is 3. The van der Waals surface area contributed by atoms with Gasteiger partial charge in [-0.05, 0) is 62.7 Å². The van der Waals surface area contributed by atoms with Gasteiger partial charge in [-0.3, -0.25) is 4.99 Å². The lowest BCUT2D eigenvalue weighted by molar-refractivity contribution is -0.137. The van der Waals surface area contributed by atoms with Gasteiger partial charge in [0.15, 0.2) is 0 Å². The molecule has 0 atom stereocenters. The summed E-state index contributed by atoms with van der Waals surface area (Å²) in [5.41, 5.74) is 1.13. The maximum absolute atomic E-state index is 13.3. The lowest BCUT2D eigenvalue weighted by atomic mass is 10.1. The van der Waals surface area contributed by atoms with Crippen molar-refractivity contribution in [3.05, 3.63) is 53.3 Å². The molecule has 2 aromatic carbocycles. The molecule has 0 aliphatic rings. The van der Waals surface area contributed by atoms with E-state index in [1.54, 1.807) is 44.5 Å². The van der Waals surface area contributed by atoms with Crippen LogP contribution in [0.25, 0.3) is 11.0 Å². The highest BCUT2D eigenvalue weighted by molar-refractivity contribution is 5.92. The van der Waals surface area contributed by atoms with Gasteiger partial charge in [0.1, 0.15) is 11.6 Å². The Kier molecular flexibility index (Phi) is 4.95. The van der Waals surface area contributed by atoms with Gasteiger partial charge in [-0.15, -0.1) is 0 Å². The summed E-state index contributed by atoms with van der Waals surface area (Å²) in [6.45, 7) is 5.70. The normalized spacial score (nSPS) is 12.4. The van der Waals surface area contributed by atoms with E-state index in [0.29, 0.717) is 17.1 Å². The molecule has 3 rings (SSSR count). The molecule has 0 radical (unpaired) electrons. The molecule has 0 bridgehead atoms. The van der Waals surface area contributed by atoms with Crippen molar-refractivity contribution < 1.29 is 17.9 Å². The molecule has 0 saturated heterocycles. The van der Waals surface area contributed by atoms with Gasteiger partial charge in [0.05, 0.1) is 29.4 Å². The second kappa shape index (κ2) is 7.06. The van der Waals surface area contributed by atoms with Crippen LogP contribution in [-0.4, -0.2) is 22.9 Å². The summed E-state index contributed by atoms with van der Waals surface area (Å²) >= 11 is 0. The monoisotopic (exact) mass is 375 g/mol. The van der Waals surface area contributed by atoms with Crippen LogP contribution in [0.3, 0.4) is 0 Å². The number of hydrogen-bond donors (Lipinski definition) is 0. The van der Waals surface area contributed by atoms with Crippen LogP contribution >= 0.6 is 0 Å². The second-order valence-electron chi connectivity index (χ2n) is 6.51. The number of imidazole rings is 1. The summed E-state index contributed by atoms with van der Waals surface area (Å²) in [6.07, 6.45) is -2.92. The molecule has 1 heterocycles. The minimum absolute atomic E-state index is 0.0432. The molecule has 0 N–H and O–H groups in total. The van der Waals surface area contributed by atoms with Gasteiger partial charge in [-0.25, -0.2) is 4.98 Å². The third-order valence-electron chi connectivity index (χ3n) is 4.25. The topological polar surface area (TPSA) is 39.4 Å². The lowest BCUT2D eigenvalue weighted by Crippen LogP contribution is -2.06. The number of ether oxygens (including phenoxy) is 1. The van der Waals surface area contributed by atoms with Crippen LogP contribution in [0.4, 0.5) is 18.9 Å². The number of halogens is 3. The van der Waals surface area contributed by atoms with Crippen molar-refractivity contribution in [3.63, 3.8) is 0 Å². The van der Waals surface area contributed by atoms with Gasteiger partial charge < -0.3 is 9.30 Å². The summed E-state index contributed by atoms with van der Waals surface area (Å²) in [6, 6.07) is 9.31. The average molecular weight is 375 g/mol. The molecule has 4 nitrogen and oxygen atoms in total. The van der Waals surface area contributed by atoms with E-state index < -0.39 is 11.7 Å². The predicted octanol–water partition coefficient (Wildman–Crippen LogP) is 5.70. The van der Waals surface area contributed by atoms with Crippen LogP contribution in [0, 0.1) is 6.92 Å². The largest absolute Gasteiger partial charge is 0.497 e. The van der Waals surface area contributed by atoms with Gasteiger partial charge in [-0.2, -0.15) is 13.2 Å². The first-order chi connectivity index (χ1) is 12.7. The predicted molar refractivity (Wildman–Crippen MR) is 100 cm³/mol. The molecule has 0 saturated carbocycles. The zero-order valence-corrected chi connectivity index (χ0v) is 15.5. The highest BCUT2D eigenvalue weighted by Gasteiger charge is 2.32. The van der Waals surface area contributed by atoms with E-state index in [9.17, 15) is 13.2 Å². The van der Waals surface area contributed by atoms with Gasteiger partial charge in [-0.1, -0.05) is 0 Å². The van der Waals surface area contributed by atoms with Crippen molar-refractivity contribution >= 4 is 22.9 Å². The third-order valence-corrected chi connectivity index (χ3v) is 4.25. The average Bonchev–Trinajstić information content (AvgIpc) is 2.95. The maximum atomic E-state index is 13.3. The standard InChI is InChI=1S/C20H20F3N3O/c1-12(2)26-13(3)25-18-10-15(20(21,22)23)9-17(19(18)26)24-11-14-5-7-16(27-4)8-6-14/h5-12H,1-4H3. The number of rotatable bonds is 4. The van der Waals surface area contributed by atoms with E-state index in [2.05, 4.69) is 9.98 Å². The lowest BCUT2D eigenvalue weighted by Gasteiger charge is -2.13. The number of aryl methyl sites for hydroxylation is 1. The van der Waals surface area contributed by atoms with E-state index in [1.807, 2.05) is 18.4 Å². The summed E-state index contributed by atoms with van der Waals surface area (Å²) in [7, 11) is 1.57. The zero-order valence-electron chi connectivity index (χ0n) is 15.5. The van der Waals surface area contributed by atoms with Crippen LogP contribution in [0.5, 0.6) is 5.75 Å². The van der Waals surface area contributed by atoms with Gasteiger partial charge in [0, 0.05) is 12.3 Å². The maximum Gasteiger partial charge on any atom is 0.416 e. The van der Waals surface area contributed by atoms with E-state index in [1.165, 1.54) is 0 Å². The van der Waals surface area contributed by atoms with Crippen molar-refractivity contribution in [1.82, 2.24) is 9.55 Å². The minimum Gasteiger partial charge on any atom is -0.497 e. The van der Waals surface area contributed by atoms with E-state index in [4.69, 9.17) is 4.74 Å². The fraction of sp³-hybridized carbons (Fsp3) is 0.300. The Bertz CT molecular complexity index is 986. The molecule has 0 aliphatic carbocycles. The molecule has 0 aliphatic heterocycles. The molecule has 142 valence electrons. The molecule has 0 unspecified atom stereocenters. The zero-order chi connectivity index (χ0) is 19.8. The second-order valence-corrected chi connectivity index (χ2v) is 6.51. The quantitative estimate of drug-likeness (QED) is 0.549. The first-order valence-electron chi connectivity index (χ1n) is 8.48. The van der Waals surface area contributed by atoms with Gasteiger partial charge in [0.25, 0.3) is 0 Å². The molecule has 7 heteroatoms. The number of fused-ring (bicyclic) bond motifs is 1. The van der Waals surface area contributed by atoms with E-state index in [0.717, 1.165) is 17.7 Å². The molecule has 27 heavy (non-hydrogen) atoms. The number of methoxy groups -OCH3 is 1. The minimum atomic E-state index is -4.46. The molecule has 3 aromatic rings. The highest BCUT2D eigenvalue weighted by atomic mass is 19.4. The Morgan fingerprint density at radius 3 is 2.37 bits per heavy atom. The summed E-state index contributed by atoms with van der Waals surface area (Å²) in [5, 5.41) is 0. The Morgan fingerprint density at radius 1 is 1.15 bits per heavy atom. The summed E-state index contributed by atoms with van der Waals surface area (Å²) < 4.78 is 46.9. The van der Waals surface area contributed by atoms with Crippen LogP contribution in [-0.2, 0) is 6.18 Å². The van der Waals surface area contributed by atoms with Gasteiger partial charge in [0.2, 0.25) is 0 Å². The fourth-order valence-corrected chi connectivity index (χ4v) is 3.05. The Labute approximate surface area is 155 Å². The smallest absolute Gasteiger partial charge is 0.416 e. The molecule has 0 spiro atoms. The Morgan fingerprint density at radius 2 is 1.81 bits per heavy atom. The van der Waals surface area contributed by atoms with Crippen molar-refractivity contribution in [2.45, 2.75) is 33.0 Å². The van der Waals surface area contributed by atoms with E-state index in [-0.39, 0.29) is 17.2 Å². The molecule has 1 aromatic heterocycles. The van der Waals surface area contributed by atoms with Crippen molar-refractivity contribution in [2.24, 2.45) is 4.99 Å². The molecule has 0 fully saturated rings. The van der Waals surface area contributed by atoms with E-state index >= 15 is 0 Å². The third kappa shape index (κ3) is 3.82. The highest BCUT2D eigenvalue weighted by Crippen LogP contribution is 2.37. The van der Waals surface area contributed by atoms with Crippen LogP contribution in [0.2, 0.25) is 0 Å². The molecule has 0 amide bonds. The number of alkyl halides is 3. The Balaban J connectivity index is 2.17. The van der Waals surface area contributed by atoms with Crippen LogP contribution in [0.1, 0.15) is 36.8 Å². The van der Waals surface area contributed by atoms with Crippen molar-refractivity contribution in [2.75, 3.05) is 7.11 Å². The molecular weight excluding hydrogens is 355 g/mol. The van der Waals surface area contributed by atoms with Crippen LogP contribution in [0.15, 0.2) is 41.4 Å². The SMILES string of the molecule is COc1ccc(C=Nc2cc(C(F)(F)F)cc3nc(C)n(C(C)C)c23)cc1.